The first kappa shape index (κ1) is 19.1. The highest BCUT2D eigenvalue weighted by atomic mass is 32.2. The molecule has 0 unspecified atom stereocenters. The molecule has 1 aliphatic heterocycles. The van der Waals surface area contributed by atoms with Crippen LogP contribution >= 0.6 is 0 Å². The van der Waals surface area contributed by atoms with Gasteiger partial charge in [0.1, 0.15) is 5.82 Å². The minimum atomic E-state index is -3.87. The smallest absolute Gasteiger partial charge is 0.316 e. The number of rotatable bonds is 5. The zero-order chi connectivity index (χ0) is 20.4. The monoisotopic (exact) mass is 413 g/mol. The van der Waals surface area contributed by atoms with E-state index in [4.69, 9.17) is 4.52 Å². The summed E-state index contributed by atoms with van der Waals surface area (Å²) in [5, 5.41) is 3.85. The number of amides is 1. The highest BCUT2D eigenvalue weighted by molar-refractivity contribution is 7.92. The number of hydrogen-bond donors (Lipinski definition) is 1. The predicted molar refractivity (Wildman–Crippen MR) is 105 cm³/mol. The third-order valence-corrected chi connectivity index (χ3v) is 6.14. The quantitative estimate of drug-likeness (QED) is 0.682. The van der Waals surface area contributed by atoms with Gasteiger partial charge in [0.25, 0.3) is 10.0 Å². The third-order valence-electron chi connectivity index (χ3n) is 4.64. The van der Waals surface area contributed by atoms with E-state index < -0.39 is 10.0 Å². The summed E-state index contributed by atoms with van der Waals surface area (Å²) in [6.07, 6.45) is 3.41. The maximum absolute atomic E-state index is 12.8. The summed E-state index contributed by atoms with van der Waals surface area (Å²) in [5.41, 5.74) is 0.982. The summed E-state index contributed by atoms with van der Waals surface area (Å²) in [7, 11) is -3.87. The fourth-order valence-corrected chi connectivity index (χ4v) is 4.41. The minimum Gasteiger partial charge on any atom is -0.334 e. The second-order valence-electron chi connectivity index (χ2n) is 6.72. The number of carbonyl (C=O) groups excluding carboxylic acids is 1. The highest BCUT2D eigenvalue weighted by Gasteiger charge is 2.26. The average molecular weight is 413 g/mol. The zero-order valence-corrected chi connectivity index (χ0v) is 16.5. The van der Waals surface area contributed by atoms with Gasteiger partial charge in [0.15, 0.2) is 0 Å². The van der Waals surface area contributed by atoms with Crippen molar-refractivity contribution in [3.05, 3.63) is 54.0 Å². The van der Waals surface area contributed by atoms with Crippen LogP contribution in [0.4, 0.5) is 5.82 Å². The minimum absolute atomic E-state index is 0.0675. The molecule has 3 aromatic rings. The van der Waals surface area contributed by atoms with Gasteiger partial charge in [-0.05, 0) is 43.5 Å². The van der Waals surface area contributed by atoms with E-state index in [1.165, 1.54) is 12.3 Å². The first-order valence-corrected chi connectivity index (χ1v) is 10.6. The van der Waals surface area contributed by atoms with Crippen LogP contribution in [0, 0.1) is 6.92 Å². The van der Waals surface area contributed by atoms with E-state index in [0.717, 1.165) is 12.8 Å². The number of nitrogens with one attached hydrogen (secondary N) is 1. The molecule has 4 rings (SSSR count). The van der Waals surface area contributed by atoms with Gasteiger partial charge in [0, 0.05) is 24.8 Å². The van der Waals surface area contributed by atoms with E-state index in [1.54, 1.807) is 42.2 Å². The molecule has 3 heterocycles. The highest BCUT2D eigenvalue weighted by Crippen LogP contribution is 2.25. The molecule has 9 nitrogen and oxygen atoms in total. The predicted octanol–water partition coefficient (Wildman–Crippen LogP) is 2.48. The van der Waals surface area contributed by atoms with Gasteiger partial charge in [-0.25, -0.2) is 13.4 Å². The number of aromatic nitrogens is 3. The fourth-order valence-electron chi connectivity index (χ4n) is 3.13. The van der Waals surface area contributed by atoms with Crippen molar-refractivity contribution in [1.29, 1.82) is 0 Å². The van der Waals surface area contributed by atoms with E-state index in [1.807, 2.05) is 0 Å². The Morgan fingerprint density at radius 3 is 2.69 bits per heavy atom. The molecule has 1 fully saturated rings. The number of sulfonamides is 1. The lowest BCUT2D eigenvalue weighted by molar-refractivity contribution is 0.0743. The molecule has 1 amide bonds. The molecule has 150 valence electrons. The van der Waals surface area contributed by atoms with Crippen molar-refractivity contribution in [1.82, 2.24) is 20.0 Å². The van der Waals surface area contributed by atoms with Crippen LogP contribution in [0.3, 0.4) is 0 Å². The Labute approximate surface area is 167 Å². The van der Waals surface area contributed by atoms with E-state index in [9.17, 15) is 13.2 Å². The fraction of sp³-hybridized carbons (Fsp3) is 0.263. The largest absolute Gasteiger partial charge is 0.334 e. The maximum atomic E-state index is 12.8. The molecule has 0 atom stereocenters. The molecule has 0 radical (unpaired) electrons. The summed E-state index contributed by atoms with van der Waals surface area (Å²) in [6.45, 7) is 3.03. The van der Waals surface area contributed by atoms with Crippen LogP contribution in [-0.4, -0.2) is 47.4 Å². The third kappa shape index (κ3) is 3.97. The van der Waals surface area contributed by atoms with Crippen LogP contribution in [0.1, 0.15) is 29.1 Å². The summed E-state index contributed by atoms with van der Waals surface area (Å²) < 4.78 is 33.2. The van der Waals surface area contributed by atoms with E-state index in [2.05, 4.69) is 19.8 Å². The van der Waals surface area contributed by atoms with E-state index >= 15 is 0 Å². The molecule has 10 heteroatoms. The van der Waals surface area contributed by atoms with Crippen molar-refractivity contribution in [2.45, 2.75) is 24.7 Å². The first-order valence-electron chi connectivity index (χ1n) is 9.12. The molecule has 2 aromatic heterocycles. The van der Waals surface area contributed by atoms with Gasteiger partial charge in [-0.1, -0.05) is 23.4 Å². The number of aryl methyl sites for hydroxylation is 1. The Morgan fingerprint density at radius 2 is 1.97 bits per heavy atom. The van der Waals surface area contributed by atoms with Crippen molar-refractivity contribution in [2.75, 3.05) is 17.8 Å². The maximum Gasteiger partial charge on any atom is 0.316 e. The van der Waals surface area contributed by atoms with Crippen molar-refractivity contribution >= 4 is 21.7 Å². The van der Waals surface area contributed by atoms with Gasteiger partial charge in [-0.3, -0.25) is 9.52 Å². The van der Waals surface area contributed by atoms with Gasteiger partial charge < -0.3 is 9.42 Å². The van der Waals surface area contributed by atoms with Crippen LogP contribution in [-0.2, 0) is 10.0 Å². The number of benzene rings is 1. The first-order chi connectivity index (χ1) is 13.9. The Kier molecular flexibility index (Phi) is 5.01. The number of likely N-dealkylation sites (tertiary alicyclic amines) is 1. The summed E-state index contributed by atoms with van der Waals surface area (Å²) in [6, 6.07) is 9.74. The van der Waals surface area contributed by atoms with E-state index in [0.29, 0.717) is 24.2 Å². The lowest BCUT2D eigenvalue weighted by Gasteiger charge is -2.11. The Hall–Kier alpha value is -3.27. The molecule has 1 saturated heterocycles. The van der Waals surface area contributed by atoms with Crippen LogP contribution < -0.4 is 4.72 Å². The lowest BCUT2D eigenvalue weighted by atomic mass is 10.1. The molecule has 0 aliphatic carbocycles. The standard InChI is InChI=1S/C19H19N5O4S/c1-13-7-8-14(12-15(13)29(26,27)23-16-6-2-3-9-20-16)17-21-18(28-22-17)19(25)24-10-4-5-11-24/h2-3,6-9,12H,4-5,10-11H2,1H3,(H,20,23). The topological polar surface area (TPSA) is 118 Å². The molecule has 0 saturated carbocycles. The van der Waals surface area contributed by atoms with Gasteiger partial charge in [-0.2, -0.15) is 4.98 Å². The number of hydrogen-bond acceptors (Lipinski definition) is 7. The molecule has 1 aromatic carbocycles. The van der Waals surface area contributed by atoms with Crippen LogP contribution in [0.5, 0.6) is 0 Å². The average Bonchev–Trinajstić information content (AvgIpc) is 3.40. The van der Waals surface area contributed by atoms with Crippen molar-refractivity contribution in [3.8, 4) is 11.4 Å². The molecular weight excluding hydrogens is 394 g/mol. The Bertz CT molecular complexity index is 1140. The van der Waals surface area contributed by atoms with Crippen molar-refractivity contribution < 1.29 is 17.7 Å². The second-order valence-corrected chi connectivity index (χ2v) is 8.37. The zero-order valence-electron chi connectivity index (χ0n) is 15.7. The molecule has 29 heavy (non-hydrogen) atoms. The molecule has 1 aliphatic rings. The second kappa shape index (κ2) is 7.63. The number of pyridine rings is 1. The van der Waals surface area contributed by atoms with Gasteiger partial charge >= 0.3 is 11.8 Å². The SMILES string of the molecule is Cc1ccc(-c2noc(C(=O)N3CCCC3)n2)cc1S(=O)(=O)Nc1ccccn1. The number of carbonyl (C=O) groups is 1. The van der Waals surface area contributed by atoms with Crippen LogP contribution in [0.2, 0.25) is 0 Å². The van der Waals surface area contributed by atoms with Crippen molar-refractivity contribution in [2.24, 2.45) is 0 Å². The summed E-state index contributed by atoms with van der Waals surface area (Å²) in [5.74, 6) is -0.0336. The molecular formula is C19H19N5O4S. The molecule has 1 N–H and O–H groups in total. The van der Waals surface area contributed by atoms with Gasteiger partial charge in [0.05, 0.1) is 4.90 Å². The number of nitrogens with zero attached hydrogens (tertiary/aromatic N) is 4. The normalized spacial score (nSPS) is 14.2. The van der Waals surface area contributed by atoms with Gasteiger partial charge in [0.2, 0.25) is 5.82 Å². The van der Waals surface area contributed by atoms with E-state index in [-0.39, 0.29) is 28.3 Å². The summed E-state index contributed by atoms with van der Waals surface area (Å²) in [4.78, 5) is 22.3. The Morgan fingerprint density at radius 1 is 1.17 bits per heavy atom. The van der Waals surface area contributed by atoms with Crippen LogP contribution in [0.25, 0.3) is 11.4 Å². The van der Waals surface area contributed by atoms with Gasteiger partial charge in [-0.15, -0.1) is 0 Å². The number of anilines is 1. The van der Waals surface area contributed by atoms with Crippen molar-refractivity contribution in [3.63, 3.8) is 0 Å². The molecule has 0 spiro atoms. The van der Waals surface area contributed by atoms with Crippen LogP contribution in [0.15, 0.2) is 52.0 Å². The molecule has 0 bridgehead atoms. The Balaban J connectivity index is 1.63. The summed E-state index contributed by atoms with van der Waals surface area (Å²) >= 11 is 0. The lowest BCUT2D eigenvalue weighted by Crippen LogP contribution is -2.27.